The second-order valence-electron chi connectivity index (χ2n) is 6.24. The fourth-order valence-corrected chi connectivity index (χ4v) is 2.31. The molecule has 1 heterocycles. The Morgan fingerprint density at radius 2 is 2.00 bits per heavy atom. The van der Waals surface area contributed by atoms with Crippen molar-refractivity contribution in [2.45, 2.75) is 39.3 Å². The number of rotatable bonds is 8. The van der Waals surface area contributed by atoms with Gasteiger partial charge in [0, 0.05) is 19.2 Å². The van der Waals surface area contributed by atoms with E-state index in [0.717, 1.165) is 23.6 Å². The Bertz CT molecular complexity index is 695. The normalized spacial score (nSPS) is 12.9. The number of hydrogen-bond donors (Lipinski definition) is 3. The molecule has 0 bridgehead atoms. The van der Waals surface area contributed by atoms with Gasteiger partial charge in [-0.25, -0.2) is 4.99 Å². The highest BCUT2D eigenvalue weighted by atomic mass is 16.5. The highest BCUT2D eigenvalue weighted by Gasteiger charge is 2.10. The van der Waals surface area contributed by atoms with Gasteiger partial charge in [-0.15, -0.1) is 0 Å². The molecule has 1 atom stereocenters. The molecule has 7 heteroatoms. The first-order valence-corrected chi connectivity index (χ1v) is 8.83. The van der Waals surface area contributed by atoms with Crippen LogP contribution < -0.4 is 15.4 Å². The van der Waals surface area contributed by atoms with E-state index in [1.54, 1.807) is 7.11 Å². The standard InChI is InChI=1S/C19H28N4O3/c1-5-20-19(21-11-16-10-17(13(2)3)23-26-16)22-12-18(24)14-6-8-15(25-4)9-7-14/h6-10,13,18,24H,5,11-12H2,1-4H3,(H2,20,21,22). The number of aliphatic hydroxyl groups excluding tert-OH is 1. The van der Waals surface area contributed by atoms with Crippen molar-refractivity contribution in [1.82, 2.24) is 15.8 Å². The molecule has 0 saturated carbocycles. The molecule has 0 spiro atoms. The van der Waals surface area contributed by atoms with E-state index in [-0.39, 0.29) is 0 Å². The lowest BCUT2D eigenvalue weighted by molar-refractivity contribution is 0.180. The minimum Gasteiger partial charge on any atom is -0.497 e. The van der Waals surface area contributed by atoms with Gasteiger partial charge in [-0.2, -0.15) is 0 Å². The van der Waals surface area contributed by atoms with Crippen LogP contribution in [0.3, 0.4) is 0 Å². The Hall–Kier alpha value is -2.54. The summed E-state index contributed by atoms with van der Waals surface area (Å²) >= 11 is 0. The largest absolute Gasteiger partial charge is 0.497 e. The molecule has 1 aromatic heterocycles. The fraction of sp³-hybridized carbons (Fsp3) is 0.474. The number of nitrogens with one attached hydrogen (secondary N) is 2. The minimum absolute atomic E-state index is 0.322. The number of methoxy groups -OCH3 is 1. The molecule has 7 nitrogen and oxygen atoms in total. The summed E-state index contributed by atoms with van der Waals surface area (Å²) in [6.45, 7) is 7.56. The van der Waals surface area contributed by atoms with Crippen molar-refractivity contribution in [3.63, 3.8) is 0 Å². The van der Waals surface area contributed by atoms with Gasteiger partial charge in [-0.3, -0.25) is 0 Å². The molecule has 0 fully saturated rings. The van der Waals surface area contributed by atoms with Gasteiger partial charge in [0.15, 0.2) is 11.7 Å². The SMILES string of the molecule is CCNC(=NCc1cc(C(C)C)no1)NCC(O)c1ccc(OC)cc1. The first kappa shape index (κ1) is 19.8. The van der Waals surface area contributed by atoms with Gasteiger partial charge in [0.2, 0.25) is 0 Å². The molecule has 2 aromatic rings. The highest BCUT2D eigenvalue weighted by Crippen LogP contribution is 2.17. The molecule has 0 aliphatic carbocycles. The first-order valence-electron chi connectivity index (χ1n) is 8.83. The highest BCUT2D eigenvalue weighted by molar-refractivity contribution is 5.79. The van der Waals surface area contributed by atoms with Crippen LogP contribution in [0.5, 0.6) is 5.75 Å². The first-order chi connectivity index (χ1) is 12.5. The number of aliphatic imine (C=N–C) groups is 1. The molecule has 0 amide bonds. The maximum absolute atomic E-state index is 10.3. The predicted octanol–water partition coefficient (Wildman–Crippen LogP) is 2.60. The molecule has 0 radical (unpaired) electrons. The summed E-state index contributed by atoms with van der Waals surface area (Å²) in [5, 5.41) is 20.7. The van der Waals surface area contributed by atoms with Gasteiger partial charge in [-0.05, 0) is 30.5 Å². The summed E-state index contributed by atoms with van der Waals surface area (Å²) in [6.07, 6.45) is -0.650. The van der Waals surface area contributed by atoms with Crippen molar-refractivity contribution < 1.29 is 14.4 Å². The maximum atomic E-state index is 10.3. The molecule has 0 saturated heterocycles. The summed E-state index contributed by atoms with van der Waals surface area (Å²) in [6, 6.07) is 9.26. The van der Waals surface area contributed by atoms with Crippen LogP contribution in [0.25, 0.3) is 0 Å². The van der Waals surface area contributed by atoms with Crippen LogP contribution in [0, 0.1) is 0 Å². The zero-order valence-electron chi connectivity index (χ0n) is 15.8. The van der Waals surface area contributed by atoms with Crippen LogP contribution in [0.4, 0.5) is 0 Å². The quantitative estimate of drug-likeness (QED) is 0.495. The number of benzene rings is 1. The average molecular weight is 360 g/mol. The van der Waals surface area contributed by atoms with Crippen LogP contribution in [0.1, 0.15) is 49.8 Å². The topological polar surface area (TPSA) is 91.9 Å². The minimum atomic E-state index is -0.650. The van der Waals surface area contributed by atoms with Gasteiger partial charge in [0.1, 0.15) is 12.3 Å². The lowest BCUT2D eigenvalue weighted by atomic mass is 10.1. The van der Waals surface area contributed by atoms with E-state index in [0.29, 0.717) is 30.7 Å². The van der Waals surface area contributed by atoms with E-state index < -0.39 is 6.10 Å². The number of guanidine groups is 1. The summed E-state index contributed by atoms with van der Waals surface area (Å²) in [4.78, 5) is 4.48. The van der Waals surface area contributed by atoms with E-state index >= 15 is 0 Å². The zero-order valence-corrected chi connectivity index (χ0v) is 15.8. The van der Waals surface area contributed by atoms with Gasteiger partial charge in [0.05, 0.1) is 18.9 Å². The van der Waals surface area contributed by atoms with Crippen LogP contribution in [0.15, 0.2) is 39.8 Å². The smallest absolute Gasteiger partial charge is 0.191 e. The molecule has 2 rings (SSSR count). The summed E-state index contributed by atoms with van der Waals surface area (Å²) in [5.74, 6) is 2.41. The summed E-state index contributed by atoms with van der Waals surface area (Å²) < 4.78 is 10.4. The van der Waals surface area contributed by atoms with Crippen LogP contribution in [0.2, 0.25) is 0 Å². The van der Waals surface area contributed by atoms with E-state index in [1.165, 1.54) is 0 Å². The summed E-state index contributed by atoms with van der Waals surface area (Å²) in [5.41, 5.74) is 1.73. The van der Waals surface area contributed by atoms with Crippen molar-refractivity contribution in [3.8, 4) is 5.75 Å². The van der Waals surface area contributed by atoms with Crippen molar-refractivity contribution >= 4 is 5.96 Å². The molecule has 0 aliphatic heterocycles. The molecule has 3 N–H and O–H groups in total. The molecule has 1 aromatic carbocycles. The summed E-state index contributed by atoms with van der Waals surface area (Å²) in [7, 11) is 1.62. The average Bonchev–Trinajstić information content (AvgIpc) is 3.13. The van der Waals surface area contributed by atoms with Crippen molar-refractivity contribution in [2.24, 2.45) is 4.99 Å². The van der Waals surface area contributed by atoms with Gasteiger partial charge < -0.3 is 25.0 Å². The van der Waals surface area contributed by atoms with E-state index in [4.69, 9.17) is 9.26 Å². The number of hydrogen-bond acceptors (Lipinski definition) is 5. The van der Waals surface area contributed by atoms with E-state index in [2.05, 4.69) is 34.6 Å². The van der Waals surface area contributed by atoms with Crippen LogP contribution in [-0.2, 0) is 6.54 Å². The molecule has 142 valence electrons. The van der Waals surface area contributed by atoms with E-state index in [1.807, 2.05) is 37.3 Å². The Morgan fingerprint density at radius 3 is 2.58 bits per heavy atom. The number of nitrogens with zero attached hydrogens (tertiary/aromatic N) is 2. The van der Waals surface area contributed by atoms with Crippen molar-refractivity contribution in [3.05, 3.63) is 47.3 Å². The number of aliphatic hydroxyl groups is 1. The molecular formula is C19H28N4O3. The number of aromatic nitrogens is 1. The lowest BCUT2D eigenvalue weighted by Crippen LogP contribution is -2.39. The molecular weight excluding hydrogens is 332 g/mol. The molecule has 1 unspecified atom stereocenters. The van der Waals surface area contributed by atoms with Gasteiger partial charge in [0.25, 0.3) is 0 Å². The fourth-order valence-electron chi connectivity index (χ4n) is 2.31. The van der Waals surface area contributed by atoms with Crippen LogP contribution >= 0.6 is 0 Å². The molecule has 26 heavy (non-hydrogen) atoms. The Balaban J connectivity index is 1.93. The Kier molecular flexibility index (Phi) is 7.47. The van der Waals surface area contributed by atoms with Crippen molar-refractivity contribution in [2.75, 3.05) is 20.2 Å². The Labute approximate surface area is 154 Å². The third kappa shape index (κ3) is 5.77. The molecule has 0 aliphatic rings. The van der Waals surface area contributed by atoms with Gasteiger partial charge in [-0.1, -0.05) is 31.1 Å². The van der Waals surface area contributed by atoms with Gasteiger partial charge >= 0.3 is 0 Å². The lowest BCUT2D eigenvalue weighted by Gasteiger charge is -2.15. The second kappa shape index (κ2) is 9.82. The predicted molar refractivity (Wildman–Crippen MR) is 101 cm³/mol. The monoisotopic (exact) mass is 360 g/mol. The third-order valence-corrected chi connectivity index (χ3v) is 3.87. The third-order valence-electron chi connectivity index (χ3n) is 3.87. The number of ether oxygens (including phenoxy) is 1. The van der Waals surface area contributed by atoms with Crippen molar-refractivity contribution in [1.29, 1.82) is 0 Å². The van der Waals surface area contributed by atoms with E-state index in [9.17, 15) is 5.11 Å². The zero-order chi connectivity index (χ0) is 18.9. The second-order valence-corrected chi connectivity index (χ2v) is 6.24. The maximum Gasteiger partial charge on any atom is 0.191 e. The van der Waals surface area contributed by atoms with Crippen LogP contribution in [-0.4, -0.2) is 36.4 Å². The Morgan fingerprint density at radius 1 is 1.27 bits per heavy atom.